The summed E-state index contributed by atoms with van der Waals surface area (Å²) in [6.45, 7) is -2.21. The summed E-state index contributed by atoms with van der Waals surface area (Å²) >= 11 is 0. The van der Waals surface area contributed by atoms with E-state index in [0.29, 0.717) is 0 Å². The normalized spacial score (nSPS) is 38.0. The maximum absolute atomic E-state index is 9.73. The summed E-state index contributed by atoms with van der Waals surface area (Å²) in [5, 5.41) is 74.7. The Hall–Kier alpha value is -0.400. The highest BCUT2D eigenvalue weighted by molar-refractivity contribution is 4.90. The van der Waals surface area contributed by atoms with Crippen LogP contribution in [-0.4, -0.2) is 110 Å². The average Bonchev–Trinajstić information content (AvgIpc) is 2.50. The lowest BCUT2D eigenvalue weighted by atomic mass is 9.99. The van der Waals surface area contributed by atoms with Crippen LogP contribution in [0.1, 0.15) is 0 Å². The molecule has 1 rings (SSSR count). The van der Waals surface area contributed by atoms with Crippen molar-refractivity contribution in [3.05, 3.63) is 0 Å². The predicted octanol–water partition coefficient (Wildman–Crippen LogP) is -5.12. The van der Waals surface area contributed by atoms with Gasteiger partial charge in [-0.05, 0) is 0 Å². The fourth-order valence-corrected chi connectivity index (χ4v) is 1.94. The van der Waals surface area contributed by atoms with Crippen LogP contribution in [0.4, 0.5) is 0 Å². The van der Waals surface area contributed by atoms with Crippen LogP contribution in [-0.2, 0) is 9.47 Å². The Bertz CT molecular complexity index is 301. The third-order valence-corrected chi connectivity index (χ3v) is 3.30. The van der Waals surface area contributed by atoms with Gasteiger partial charge >= 0.3 is 0 Å². The van der Waals surface area contributed by atoms with Gasteiger partial charge in [0.2, 0.25) is 0 Å². The van der Waals surface area contributed by atoms with Gasteiger partial charge in [0.1, 0.15) is 42.7 Å². The summed E-state index contributed by atoms with van der Waals surface area (Å²) in [6, 6.07) is 0. The lowest BCUT2D eigenvalue weighted by Gasteiger charge is -2.41. The van der Waals surface area contributed by atoms with Gasteiger partial charge in [-0.25, -0.2) is 0 Å². The lowest BCUT2D eigenvalue weighted by Crippen LogP contribution is -2.60. The first-order valence-corrected chi connectivity index (χ1v) is 6.41. The van der Waals surface area contributed by atoms with E-state index in [0.717, 1.165) is 0 Å². The van der Waals surface area contributed by atoms with Crippen molar-refractivity contribution in [3.8, 4) is 0 Å². The van der Waals surface area contributed by atoms with Gasteiger partial charge in [0.25, 0.3) is 0 Å². The van der Waals surface area contributed by atoms with E-state index in [4.69, 9.17) is 24.8 Å². The fraction of sp³-hybridized carbons (Fsp3) is 1.00. The summed E-state index contributed by atoms with van der Waals surface area (Å²) in [7, 11) is 0. The summed E-state index contributed by atoms with van der Waals surface area (Å²) in [5.41, 5.74) is 0. The molecule has 1 saturated heterocycles. The molecule has 0 aromatic carbocycles. The molecule has 10 nitrogen and oxygen atoms in total. The molecule has 1 aliphatic heterocycles. The van der Waals surface area contributed by atoms with Crippen molar-refractivity contribution >= 4 is 0 Å². The van der Waals surface area contributed by atoms with Gasteiger partial charge in [0.05, 0.1) is 19.8 Å². The van der Waals surface area contributed by atoms with Crippen LogP contribution in [0.2, 0.25) is 0 Å². The van der Waals surface area contributed by atoms with E-state index in [1.165, 1.54) is 0 Å². The molecular weight excluding hydrogens is 292 g/mol. The maximum Gasteiger partial charge on any atom is 0.187 e. The highest BCUT2D eigenvalue weighted by Crippen LogP contribution is 2.23. The summed E-state index contributed by atoms with van der Waals surface area (Å²) in [6.07, 6.45) is -12.4. The third-order valence-electron chi connectivity index (χ3n) is 3.30. The number of rotatable bonds is 7. The molecule has 0 radical (unpaired) electrons. The second-order valence-corrected chi connectivity index (χ2v) is 4.79. The van der Waals surface area contributed by atoms with Crippen LogP contribution in [0.3, 0.4) is 0 Å². The number of hydrogen-bond donors (Lipinski definition) is 8. The van der Waals surface area contributed by atoms with Gasteiger partial charge in [0.15, 0.2) is 6.29 Å². The molecule has 0 spiro atoms. The van der Waals surface area contributed by atoms with Gasteiger partial charge in [-0.2, -0.15) is 0 Å². The Balaban J connectivity index is 2.74. The molecule has 8 N–H and O–H groups in total. The van der Waals surface area contributed by atoms with Crippen LogP contribution >= 0.6 is 0 Å². The van der Waals surface area contributed by atoms with Crippen LogP contribution in [0.25, 0.3) is 0 Å². The first kappa shape index (κ1) is 18.6. The zero-order valence-corrected chi connectivity index (χ0v) is 11.1. The Labute approximate surface area is 120 Å². The van der Waals surface area contributed by atoms with Gasteiger partial charge < -0.3 is 50.3 Å². The first-order chi connectivity index (χ1) is 9.87. The van der Waals surface area contributed by atoms with Crippen LogP contribution < -0.4 is 0 Å². The Kier molecular flexibility index (Phi) is 7.36. The fourth-order valence-electron chi connectivity index (χ4n) is 1.94. The van der Waals surface area contributed by atoms with E-state index in [1.807, 2.05) is 0 Å². The van der Waals surface area contributed by atoms with E-state index in [9.17, 15) is 25.5 Å². The van der Waals surface area contributed by atoms with Crippen molar-refractivity contribution in [3.63, 3.8) is 0 Å². The van der Waals surface area contributed by atoms with E-state index in [1.54, 1.807) is 0 Å². The molecule has 21 heavy (non-hydrogen) atoms. The molecule has 10 heteroatoms. The highest BCUT2D eigenvalue weighted by Gasteiger charge is 2.45. The van der Waals surface area contributed by atoms with Crippen LogP contribution in [0, 0.1) is 0 Å². The molecule has 0 aliphatic carbocycles. The molecule has 8 atom stereocenters. The molecule has 1 aliphatic rings. The quantitative estimate of drug-likeness (QED) is 0.226. The van der Waals surface area contributed by atoms with Crippen molar-refractivity contribution in [1.82, 2.24) is 0 Å². The van der Waals surface area contributed by atoms with Gasteiger partial charge in [0, 0.05) is 0 Å². The number of aliphatic hydroxyl groups excluding tert-OH is 8. The molecular formula is C11H22O10. The number of ether oxygens (including phenoxy) is 2. The maximum atomic E-state index is 9.73. The minimum absolute atomic E-state index is 0.656. The molecule has 1 fully saturated rings. The smallest absolute Gasteiger partial charge is 0.187 e. The monoisotopic (exact) mass is 314 g/mol. The van der Waals surface area contributed by atoms with E-state index in [-0.39, 0.29) is 0 Å². The zero-order chi connectivity index (χ0) is 16.2. The Morgan fingerprint density at radius 2 is 1.52 bits per heavy atom. The SMILES string of the molecule is OC[C@@H](O)[C@H](O)[C@H](CO)O[C@@H]1O[C@H](CO)[C@H](O)[C@H](O)[C@H]1O. The molecule has 0 aromatic heterocycles. The molecule has 0 amide bonds. The van der Waals surface area contributed by atoms with Crippen molar-refractivity contribution in [2.45, 2.75) is 49.0 Å². The Morgan fingerprint density at radius 3 is 2.00 bits per heavy atom. The van der Waals surface area contributed by atoms with E-state index >= 15 is 0 Å². The zero-order valence-electron chi connectivity index (χ0n) is 11.1. The number of aliphatic hydroxyl groups is 8. The lowest BCUT2D eigenvalue weighted by molar-refractivity contribution is -0.321. The third kappa shape index (κ3) is 4.29. The molecule has 0 saturated carbocycles. The minimum atomic E-state index is -1.70. The highest BCUT2D eigenvalue weighted by atomic mass is 16.7. The largest absolute Gasteiger partial charge is 0.394 e. The first-order valence-electron chi connectivity index (χ1n) is 6.41. The summed E-state index contributed by atoms with van der Waals surface area (Å²) in [5.74, 6) is 0. The number of hydrogen-bond acceptors (Lipinski definition) is 10. The predicted molar refractivity (Wildman–Crippen MR) is 64.8 cm³/mol. The Morgan fingerprint density at radius 1 is 0.905 bits per heavy atom. The molecule has 1 heterocycles. The minimum Gasteiger partial charge on any atom is -0.394 e. The standard InChI is InChI=1S/C11H22O10/c12-1-4(15)7(16)5(2-13)20-11-10(19)9(18)8(17)6(3-14)21-11/h4-19H,1-3H2/t4-,5+,6-,7+,8+,9+,10-,11-/m1/s1. The van der Waals surface area contributed by atoms with Crippen molar-refractivity contribution in [2.24, 2.45) is 0 Å². The van der Waals surface area contributed by atoms with Crippen LogP contribution in [0.5, 0.6) is 0 Å². The second kappa shape index (κ2) is 8.29. The topological polar surface area (TPSA) is 180 Å². The summed E-state index contributed by atoms with van der Waals surface area (Å²) < 4.78 is 10.1. The summed E-state index contributed by atoms with van der Waals surface area (Å²) in [4.78, 5) is 0. The van der Waals surface area contributed by atoms with Crippen LogP contribution in [0.15, 0.2) is 0 Å². The van der Waals surface area contributed by atoms with E-state index in [2.05, 4.69) is 0 Å². The molecule has 0 aromatic rings. The molecule has 0 bridgehead atoms. The van der Waals surface area contributed by atoms with Gasteiger partial charge in [-0.15, -0.1) is 0 Å². The average molecular weight is 314 g/mol. The van der Waals surface area contributed by atoms with Crippen molar-refractivity contribution < 1.29 is 50.3 Å². The molecule has 126 valence electrons. The second-order valence-electron chi connectivity index (χ2n) is 4.79. The van der Waals surface area contributed by atoms with Crippen molar-refractivity contribution in [2.75, 3.05) is 19.8 Å². The van der Waals surface area contributed by atoms with Crippen molar-refractivity contribution in [1.29, 1.82) is 0 Å². The van der Waals surface area contributed by atoms with E-state index < -0.39 is 68.8 Å². The van der Waals surface area contributed by atoms with Gasteiger partial charge in [-0.3, -0.25) is 0 Å². The van der Waals surface area contributed by atoms with Gasteiger partial charge in [-0.1, -0.05) is 0 Å². The molecule has 0 unspecified atom stereocenters.